The van der Waals surface area contributed by atoms with Crippen molar-refractivity contribution >= 4 is 0 Å². The summed E-state index contributed by atoms with van der Waals surface area (Å²) in [5.41, 5.74) is 1.63. The zero-order valence-electron chi connectivity index (χ0n) is 10.9. The van der Waals surface area contributed by atoms with Gasteiger partial charge >= 0.3 is 0 Å². The van der Waals surface area contributed by atoms with E-state index in [1.54, 1.807) is 0 Å². The van der Waals surface area contributed by atoms with Gasteiger partial charge in [0, 0.05) is 0 Å². The normalized spacial score (nSPS) is 61.3. The van der Waals surface area contributed by atoms with Gasteiger partial charge in [-0.25, -0.2) is 0 Å². The van der Waals surface area contributed by atoms with Gasteiger partial charge in [0.1, 0.15) is 0 Å². The maximum absolute atomic E-state index is 5.89. The van der Waals surface area contributed by atoms with E-state index in [9.17, 15) is 0 Å². The Morgan fingerprint density at radius 1 is 1.00 bits per heavy atom. The lowest BCUT2D eigenvalue weighted by atomic mass is 9.73. The molecule has 0 aromatic heterocycles. The van der Waals surface area contributed by atoms with Gasteiger partial charge in [-0.15, -0.1) is 0 Å². The topological polar surface area (TPSA) is 12.5 Å². The van der Waals surface area contributed by atoms with Crippen molar-refractivity contribution < 1.29 is 4.74 Å². The van der Waals surface area contributed by atoms with Crippen molar-refractivity contribution in [1.29, 1.82) is 0 Å². The summed E-state index contributed by atoms with van der Waals surface area (Å²) in [6.45, 7) is 8.62. The average Bonchev–Trinajstić information content (AvgIpc) is 3.00. The molecule has 1 heterocycles. The third-order valence-corrected chi connectivity index (χ3v) is 6.43. The van der Waals surface area contributed by atoms with Crippen LogP contribution in [0.4, 0.5) is 0 Å². The molecule has 0 radical (unpaired) electrons. The predicted molar refractivity (Wildman–Crippen MR) is 64.1 cm³/mol. The fourth-order valence-corrected chi connectivity index (χ4v) is 5.30. The molecule has 1 nitrogen and oxygen atoms in total. The summed E-state index contributed by atoms with van der Waals surface area (Å²) in [7, 11) is 0. The van der Waals surface area contributed by atoms with Gasteiger partial charge in [0.25, 0.3) is 0 Å². The molecule has 0 amide bonds. The number of rotatable bonds is 0. The lowest BCUT2D eigenvalue weighted by Gasteiger charge is -2.31. The molecule has 1 spiro atoms. The number of ether oxygens (including phenoxy) is 1. The summed E-state index contributed by atoms with van der Waals surface area (Å²) in [6.07, 6.45) is 7.21. The molecule has 5 atom stereocenters. The van der Waals surface area contributed by atoms with Crippen molar-refractivity contribution in [1.82, 2.24) is 0 Å². The molecule has 3 saturated carbocycles. The summed E-state index contributed by atoms with van der Waals surface area (Å²) in [5.74, 6) is 2.91. The van der Waals surface area contributed by atoms with Crippen LogP contribution >= 0.6 is 0 Å². The van der Waals surface area contributed by atoms with Gasteiger partial charge in [-0.1, -0.05) is 20.8 Å². The van der Waals surface area contributed by atoms with Gasteiger partial charge in [-0.3, -0.25) is 0 Å². The molecule has 0 bridgehead atoms. The molecular formula is C15H24O. The zero-order chi connectivity index (χ0) is 11.2. The van der Waals surface area contributed by atoms with Crippen molar-refractivity contribution in [3.8, 4) is 0 Å². The molecule has 1 heteroatoms. The number of hydrogen-bond acceptors (Lipinski definition) is 1. The molecular weight excluding hydrogens is 196 g/mol. The Hall–Kier alpha value is -0.0400. The van der Waals surface area contributed by atoms with Crippen LogP contribution in [0, 0.1) is 28.6 Å². The van der Waals surface area contributed by atoms with Crippen LogP contribution in [0.5, 0.6) is 0 Å². The van der Waals surface area contributed by atoms with E-state index >= 15 is 0 Å². The van der Waals surface area contributed by atoms with Crippen LogP contribution in [0.15, 0.2) is 0 Å². The Morgan fingerprint density at radius 2 is 1.75 bits per heavy atom. The third kappa shape index (κ3) is 1.11. The monoisotopic (exact) mass is 220 g/mol. The zero-order valence-corrected chi connectivity index (χ0v) is 10.9. The third-order valence-electron chi connectivity index (χ3n) is 6.43. The van der Waals surface area contributed by atoms with Crippen LogP contribution in [0.25, 0.3) is 0 Å². The van der Waals surface area contributed by atoms with Crippen molar-refractivity contribution in [2.45, 2.75) is 58.5 Å². The second-order valence-electron chi connectivity index (χ2n) is 8.08. The molecule has 16 heavy (non-hydrogen) atoms. The minimum absolute atomic E-state index is 0.364. The maximum Gasteiger partial charge on any atom is 0.0947 e. The summed E-state index contributed by atoms with van der Waals surface area (Å²) >= 11 is 0. The molecule has 4 rings (SSSR count). The molecule has 1 aliphatic heterocycles. The number of hydrogen-bond donors (Lipinski definition) is 0. The van der Waals surface area contributed by atoms with Gasteiger partial charge in [0.2, 0.25) is 0 Å². The van der Waals surface area contributed by atoms with Crippen LogP contribution < -0.4 is 0 Å². The standard InChI is InChI=1S/C15H24O/c1-13(2)6-10-7-14(10,3)11-4-5-15(9-16-15)12(11)8-13/h10-12H,4-9H2,1-3H3. The minimum atomic E-state index is 0.364. The van der Waals surface area contributed by atoms with Gasteiger partial charge < -0.3 is 4.74 Å². The van der Waals surface area contributed by atoms with E-state index in [4.69, 9.17) is 4.74 Å². The van der Waals surface area contributed by atoms with Crippen molar-refractivity contribution in [2.75, 3.05) is 6.61 Å². The summed E-state index contributed by atoms with van der Waals surface area (Å²) in [5, 5.41) is 0. The van der Waals surface area contributed by atoms with E-state index in [0.717, 1.165) is 24.4 Å². The van der Waals surface area contributed by atoms with Crippen LogP contribution in [0.1, 0.15) is 52.9 Å². The fourth-order valence-electron chi connectivity index (χ4n) is 5.30. The fraction of sp³-hybridized carbons (Fsp3) is 1.00. The predicted octanol–water partition coefficient (Wildman–Crippen LogP) is 3.63. The highest BCUT2D eigenvalue weighted by Gasteiger charge is 2.69. The molecule has 0 N–H and O–H groups in total. The molecule has 3 aliphatic carbocycles. The molecule has 4 fully saturated rings. The van der Waals surface area contributed by atoms with Crippen LogP contribution in [0.3, 0.4) is 0 Å². The van der Waals surface area contributed by atoms with Crippen LogP contribution in [-0.4, -0.2) is 12.2 Å². The lowest BCUT2D eigenvalue weighted by Crippen LogP contribution is -2.29. The summed E-state index contributed by atoms with van der Waals surface area (Å²) < 4.78 is 5.89. The first-order valence-corrected chi connectivity index (χ1v) is 7.09. The molecule has 4 aliphatic rings. The van der Waals surface area contributed by atoms with Crippen LogP contribution in [-0.2, 0) is 4.74 Å². The summed E-state index contributed by atoms with van der Waals surface area (Å²) in [6, 6.07) is 0. The Morgan fingerprint density at radius 3 is 2.44 bits per heavy atom. The van der Waals surface area contributed by atoms with Crippen LogP contribution in [0.2, 0.25) is 0 Å². The Labute approximate surface area is 98.9 Å². The first-order valence-electron chi connectivity index (χ1n) is 7.09. The number of fused-ring (bicyclic) bond motifs is 4. The minimum Gasteiger partial charge on any atom is -0.369 e. The van der Waals surface area contributed by atoms with Crippen molar-refractivity contribution in [3.05, 3.63) is 0 Å². The SMILES string of the molecule is CC1(C)CC2C(CCC23CO3)C2(C)CC2C1. The first-order chi connectivity index (χ1) is 7.45. The molecule has 90 valence electrons. The second kappa shape index (κ2) is 2.53. The molecule has 0 aromatic carbocycles. The average molecular weight is 220 g/mol. The highest BCUT2D eigenvalue weighted by Crippen LogP contribution is 2.72. The first kappa shape index (κ1) is 9.94. The lowest BCUT2D eigenvalue weighted by molar-refractivity contribution is 0.140. The van der Waals surface area contributed by atoms with E-state index in [2.05, 4.69) is 20.8 Å². The molecule has 0 aromatic rings. The smallest absolute Gasteiger partial charge is 0.0947 e. The summed E-state index contributed by atoms with van der Waals surface area (Å²) in [4.78, 5) is 0. The van der Waals surface area contributed by atoms with Gasteiger partial charge in [0.15, 0.2) is 0 Å². The van der Waals surface area contributed by atoms with E-state index in [0.29, 0.717) is 16.4 Å². The van der Waals surface area contributed by atoms with Gasteiger partial charge in [0.05, 0.1) is 12.2 Å². The molecule has 1 saturated heterocycles. The van der Waals surface area contributed by atoms with Gasteiger partial charge in [-0.2, -0.15) is 0 Å². The van der Waals surface area contributed by atoms with Gasteiger partial charge in [-0.05, 0) is 60.7 Å². The van der Waals surface area contributed by atoms with E-state index in [-0.39, 0.29) is 0 Å². The largest absolute Gasteiger partial charge is 0.369 e. The van der Waals surface area contributed by atoms with E-state index in [1.165, 1.54) is 32.1 Å². The van der Waals surface area contributed by atoms with Crippen molar-refractivity contribution in [2.24, 2.45) is 28.6 Å². The number of epoxide rings is 1. The van der Waals surface area contributed by atoms with E-state index in [1.807, 2.05) is 0 Å². The Kier molecular flexibility index (Phi) is 1.57. The highest BCUT2D eigenvalue weighted by molar-refractivity contribution is 5.17. The second-order valence-corrected chi connectivity index (χ2v) is 8.08. The Balaban J connectivity index is 1.73. The maximum atomic E-state index is 5.89. The van der Waals surface area contributed by atoms with Crippen molar-refractivity contribution in [3.63, 3.8) is 0 Å². The quantitative estimate of drug-likeness (QED) is 0.568. The Bertz CT molecular complexity index is 341. The highest BCUT2D eigenvalue weighted by atomic mass is 16.6. The van der Waals surface area contributed by atoms with E-state index < -0.39 is 0 Å². The molecule has 5 unspecified atom stereocenters.